The Labute approximate surface area is 199 Å². The molecule has 2 aliphatic rings. The number of hydrogen-bond donors (Lipinski definition) is 1. The number of benzene rings is 1. The highest BCUT2D eigenvalue weighted by Gasteiger charge is 2.34. The van der Waals surface area contributed by atoms with Crippen molar-refractivity contribution in [3.05, 3.63) is 29.8 Å². The van der Waals surface area contributed by atoms with Crippen LogP contribution in [-0.4, -0.2) is 81.5 Å². The first-order valence-electron chi connectivity index (χ1n) is 12.0. The van der Waals surface area contributed by atoms with Gasteiger partial charge in [0.25, 0.3) is 0 Å². The van der Waals surface area contributed by atoms with Gasteiger partial charge in [0.05, 0.1) is 17.6 Å². The molecule has 0 aliphatic carbocycles. The fourth-order valence-electron chi connectivity index (χ4n) is 4.86. The molecular weight excluding hydrogens is 440 g/mol. The molecule has 0 radical (unpaired) electrons. The van der Waals surface area contributed by atoms with Crippen LogP contribution in [0.2, 0.25) is 0 Å². The molecule has 1 amide bonds. The Bertz CT molecular complexity index is 900. The van der Waals surface area contributed by atoms with E-state index in [9.17, 15) is 18.3 Å². The third kappa shape index (κ3) is 7.25. The van der Waals surface area contributed by atoms with E-state index < -0.39 is 21.4 Å². The van der Waals surface area contributed by atoms with Crippen molar-refractivity contribution < 1.29 is 23.1 Å². The van der Waals surface area contributed by atoms with Crippen molar-refractivity contribution in [2.24, 2.45) is 17.3 Å². The zero-order valence-electron chi connectivity index (χ0n) is 20.5. The number of carbonyl (C=O) groups excluding carboxylic acids is 1. The van der Waals surface area contributed by atoms with Crippen molar-refractivity contribution in [3.8, 4) is 0 Å². The number of likely N-dealkylation sites (N-methyl/N-ethyl adjacent to an activating group) is 1. The Hall–Kier alpha value is -1.48. The van der Waals surface area contributed by atoms with Crippen LogP contribution in [-0.2, 0) is 25.9 Å². The number of ether oxygens (including phenoxy) is 1. The van der Waals surface area contributed by atoms with Gasteiger partial charge in [-0.1, -0.05) is 26.0 Å². The molecule has 2 aliphatic heterocycles. The molecule has 0 unspecified atom stereocenters. The summed E-state index contributed by atoms with van der Waals surface area (Å²) < 4.78 is 29.3. The van der Waals surface area contributed by atoms with Crippen LogP contribution in [0.25, 0.3) is 0 Å². The number of nitrogens with zero attached hydrogens (tertiary/aromatic N) is 2. The third-order valence-corrected chi connectivity index (χ3v) is 8.41. The number of sulfone groups is 1. The van der Waals surface area contributed by atoms with Gasteiger partial charge in [-0.25, -0.2) is 8.42 Å². The number of aliphatic hydroxyl groups is 1. The molecule has 2 fully saturated rings. The number of hydrogen-bond acceptors (Lipinski definition) is 6. The maximum atomic E-state index is 12.9. The molecule has 0 saturated carbocycles. The van der Waals surface area contributed by atoms with Crippen LogP contribution >= 0.6 is 0 Å². The van der Waals surface area contributed by atoms with Gasteiger partial charge in [-0.15, -0.1) is 0 Å². The zero-order chi connectivity index (χ0) is 24.2. The van der Waals surface area contributed by atoms with Gasteiger partial charge in [-0.3, -0.25) is 9.69 Å². The number of piperidine rings is 1. The first-order valence-corrected chi connectivity index (χ1v) is 13.9. The summed E-state index contributed by atoms with van der Waals surface area (Å²) in [5, 5.41) is 10.6. The Kier molecular flexibility index (Phi) is 8.59. The van der Waals surface area contributed by atoms with E-state index in [1.165, 1.54) is 6.26 Å². The zero-order valence-corrected chi connectivity index (χ0v) is 21.3. The van der Waals surface area contributed by atoms with Gasteiger partial charge in [-0.05, 0) is 55.3 Å². The Morgan fingerprint density at radius 1 is 1.12 bits per heavy atom. The second-order valence-corrected chi connectivity index (χ2v) is 12.7. The molecule has 33 heavy (non-hydrogen) atoms. The van der Waals surface area contributed by atoms with Gasteiger partial charge in [0.15, 0.2) is 9.84 Å². The van der Waals surface area contributed by atoms with Crippen LogP contribution in [0.1, 0.15) is 45.1 Å². The molecule has 1 aromatic carbocycles. The van der Waals surface area contributed by atoms with Crippen LogP contribution in [0.4, 0.5) is 0 Å². The van der Waals surface area contributed by atoms with Crippen LogP contribution < -0.4 is 0 Å². The highest BCUT2D eigenvalue weighted by atomic mass is 32.2. The summed E-state index contributed by atoms with van der Waals surface area (Å²) in [6.45, 7) is 8.03. The fourth-order valence-corrected chi connectivity index (χ4v) is 5.49. The molecule has 8 heteroatoms. The van der Waals surface area contributed by atoms with Crippen molar-refractivity contribution >= 4 is 15.7 Å². The standard InChI is InChI=1S/C25H40N2O5S/c1-25(2)18-32-13-5-6-21-16-27(15-19-7-9-22(10-8-19)33(4,30)31)12-11-20(21)14-24(29)26(3)17-23(25)28/h7-10,20-21,23,28H,5-6,11-18H2,1-4H3/t20-,21-,23-/m0/s1. The number of β-amino-alcohol motifs (C(OH)–C–C–N with tert-alkyl or cyclic N) is 1. The lowest BCUT2D eigenvalue weighted by Crippen LogP contribution is -2.45. The lowest BCUT2D eigenvalue weighted by atomic mass is 9.80. The van der Waals surface area contributed by atoms with Gasteiger partial charge < -0.3 is 14.7 Å². The number of amides is 1. The van der Waals surface area contributed by atoms with Crippen LogP contribution in [0.3, 0.4) is 0 Å². The molecule has 2 saturated heterocycles. The lowest BCUT2D eigenvalue weighted by molar-refractivity contribution is -0.134. The summed E-state index contributed by atoms with van der Waals surface area (Å²) in [7, 11) is -1.40. The van der Waals surface area contributed by atoms with E-state index >= 15 is 0 Å². The average Bonchev–Trinajstić information content (AvgIpc) is 2.74. The Morgan fingerprint density at radius 3 is 2.48 bits per heavy atom. The normalized spacial score (nSPS) is 28.3. The maximum Gasteiger partial charge on any atom is 0.222 e. The van der Waals surface area contributed by atoms with Gasteiger partial charge in [0.2, 0.25) is 5.91 Å². The van der Waals surface area contributed by atoms with E-state index in [1.807, 2.05) is 26.0 Å². The maximum absolute atomic E-state index is 12.9. The molecule has 0 spiro atoms. The first-order chi connectivity index (χ1) is 15.5. The van der Waals surface area contributed by atoms with E-state index in [1.54, 1.807) is 24.1 Å². The average molecular weight is 481 g/mol. The summed E-state index contributed by atoms with van der Waals surface area (Å²) in [5.41, 5.74) is 0.694. The predicted molar refractivity (Wildman–Crippen MR) is 129 cm³/mol. The van der Waals surface area contributed by atoms with Gasteiger partial charge >= 0.3 is 0 Å². The monoisotopic (exact) mass is 480 g/mol. The largest absolute Gasteiger partial charge is 0.391 e. The number of carbonyl (C=O) groups is 1. The summed E-state index contributed by atoms with van der Waals surface area (Å²) in [4.78, 5) is 17.4. The molecule has 0 aromatic heterocycles. The van der Waals surface area contributed by atoms with Gasteiger partial charge in [0.1, 0.15) is 0 Å². The van der Waals surface area contributed by atoms with E-state index in [0.29, 0.717) is 42.9 Å². The molecule has 2 heterocycles. The Morgan fingerprint density at radius 2 is 1.82 bits per heavy atom. The highest BCUT2D eigenvalue weighted by molar-refractivity contribution is 7.90. The van der Waals surface area contributed by atoms with E-state index in [-0.39, 0.29) is 5.91 Å². The number of fused-ring (bicyclic) bond motifs is 1. The summed E-state index contributed by atoms with van der Waals surface area (Å²) in [6, 6.07) is 7.15. The molecule has 0 bridgehead atoms. The summed E-state index contributed by atoms with van der Waals surface area (Å²) >= 11 is 0. The highest BCUT2D eigenvalue weighted by Crippen LogP contribution is 2.32. The summed E-state index contributed by atoms with van der Waals surface area (Å²) in [6.07, 6.45) is 4.02. The fraction of sp³-hybridized carbons (Fsp3) is 0.720. The Balaban J connectivity index is 1.66. The minimum atomic E-state index is -3.19. The SMILES string of the molecule is CN1C[C@H](O)C(C)(C)COCCC[C@H]2CN(Cc3ccc(S(C)(=O)=O)cc3)CC[C@H]2CC1=O. The van der Waals surface area contributed by atoms with Crippen LogP contribution in [0.15, 0.2) is 29.2 Å². The van der Waals surface area contributed by atoms with Crippen molar-refractivity contribution in [1.82, 2.24) is 9.80 Å². The van der Waals surface area contributed by atoms with Crippen LogP contribution in [0.5, 0.6) is 0 Å². The number of aliphatic hydroxyl groups excluding tert-OH is 1. The third-order valence-electron chi connectivity index (χ3n) is 7.28. The first kappa shape index (κ1) is 26.1. The quantitative estimate of drug-likeness (QED) is 0.716. The van der Waals surface area contributed by atoms with Crippen molar-refractivity contribution in [2.75, 3.05) is 46.2 Å². The number of likely N-dealkylation sites (tertiary alicyclic amines) is 1. The van der Waals surface area contributed by atoms with Crippen molar-refractivity contribution in [1.29, 1.82) is 0 Å². The molecule has 7 nitrogen and oxygen atoms in total. The molecule has 3 rings (SSSR count). The van der Waals surface area contributed by atoms with Gasteiger partial charge in [-0.2, -0.15) is 0 Å². The topological polar surface area (TPSA) is 87.2 Å². The molecule has 3 atom stereocenters. The van der Waals surface area contributed by atoms with Crippen molar-refractivity contribution in [2.45, 2.75) is 57.1 Å². The minimum Gasteiger partial charge on any atom is -0.391 e. The predicted octanol–water partition coefficient (Wildman–Crippen LogP) is 2.57. The molecule has 186 valence electrons. The van der Waals surface area contributed by atoms with E-state index in [4.69, 9.17) is 4.74 Å². The summed E-state index contributed by atoms with van der Waals surface area (Å²) in [5.74, 6) is 0.841. The second-order valence-electron chi connectivity index (χ2n) is 10.6. The van der Waals surface area contributed by atoms with Crippen molar-refractivity contribution in [3.63, 3.8) is 0 Å². The molecular formula is C25H40N2O5S. The second kappa shape index (κ2) is 10.8. The lowest BCUT2D eigenvalue weighted by Gasteiger charge is -2.39. The van der Waals surface area contributed by atoms with Gasteiger partial charge in [0, 0.05) is 51.4 Å². The molecule has 1 aromatic rings. The van der Waals surface area contributed by atoms with E-state index in [0.717, 1.165) is 44.5 Å². The van der Waals surface area contributed by atoms with Crippen LogP contribution in [0, 0.1) is 17.3 Å². The smallest absolute Gasteiger partial charge is 0.222 e. The minimum absolute atomic E-state index is 0.102. The number of rotatable bonds is 3. The molecule has 1 N–H and O–H groups in total. The van der Waals surface area contributed by atoms with E-state index in [2.05, 4.69) is 4.90 Å².